The highest BCUT2D eigenvalue weighted by Crippen LogP contribution is 2.27. The number of hydrogen-bond donors (Lipinski definition) is 1. The van der Waals surface area contributed by atoms with E-state index in [0.29, 0.717) is 0 Å². The first-order chi connectivity index (χ1) is 12.2. The fourth-order valence-electron chi connectivity index (χ4n) is 2.76. The van der Waals surface area contributed by atoms with Crippen LogP contribution in [-0.2, 0) is 4.79 Å². The normalized spacial score (nSPS) is 10.4. The zero-order chi connectivity index (χ0) is 17.6. The summed E-state index contributed by atoms with van der Waals surface area (Å²) in [6, 6.07) is 25.0. The second kappa shape index (κ2) is 7.45. The van der Waals surface area contributed by atoms with Crippen LogP contribution in [0.3, 0.4) is 0 Å². The molecule has 3 rings (SSSR count). The van der Waals surface area contributed by atoms with Gasteiger partial charge >= 0.3 is 0 Å². The number of carbonyl (C=O) groups is 2. The lowest BCUT2D eigenvalue weighted by Gasteiger charge is -2.19. The molecule has 0 aromatic heterocycles. The van der Waals surface area contributed by atoms with Crippen LogP contribution in [-0.4, -0.2) is 11.9 Å². The van der Waals surface area contributed by atoms with Gasteiger partial charge in [0.05, 0.1) is 11.9 Å². The molecular formula is C21H16NO3-. The smallest absolute Gasteiger partial charge is 0.236 e. The molecule has 4 heteroatoms. The largest absolute Gasteiger partial charge is 0.545 e. The molecule has 0 saturated heterocycles. The number of carbonyl (C=O) groups excluding carboxylic acids is 2. The molecule has 0 fully saturated rings. The summed E-state index contributed by atoms with van der Waals surface area (Å²) in [5.74, 6) is -2.17. The highest BCUT2D eigenvalue weighted by Gasteiger charge is 2.23. The molecule has 25 heavy (non-hydrogen) atoms. The first kappa shape index (κ1) is 16.5. The third-order valence-corrected chi connectivity index (χ3v) is 3.93. The van der Waals surface area contributed by atoms with Gasteiger partial charge in [-0.3, -0.25) is 4.79 Å². The minimum atomic E-state index is -1.33. The summed E-state index contributed by atoms with van der Waals surface area (Å²) >= 11 is 0. The Bertz CT molecular complexity index is 836. The number of nitrogens with one attached hydrogen (secondary N) is 1. The van der Waals surface area contributed by atoms with Crippen molar-refractivity contribution in [1.29, 1.82) is 0 Å². The predicted octanol–water partition coefficient (Wildman–Crippen LogP) is 2.82. The summed E-state index contributed by atoms with van der Waals surface area (Å²) in [5.41, 5.74) is 1.84. The Balaban J connectivity index is 1.98. The number of aromatic carboxylic acids is 1. The van der Waals surface area contributed by atoms with Crippen LogP contribution in [0.1, 0.15) is 27.4 Å². The van der Waals surface area contributed by atoms with Gasteiger partial charge in [-0.05, 0) is 17.2 Å². The van der Waals surface area contributed by atoms with Crippen LogP contribution < -0.4 is 10.4 Å². The van der Waals surface area contributed by atoms with Gasteiger partial charge in [0.25, 0.3) is 0 Å². The molecule has 0 unspecified atom stereocenters. The SMILES string of the molecule is O=C([O-])c1ccccc1NC(=O)C(c1ccccc1)c1ccccc1. The molecule has 0 saturated carbocycles. The molecule has 1 amide bonds. The van der Waals surface area contributed by atoms with Crippen molar-refractivity contribution in [3.05, 3.63) is 102 Å². The molecule has 124 valence electrons. The Morgan fingerprint density at radius 2 is 1.20 bits per heavy atom. The van der Waals surface area contributed by atoms with Gasteiger partial charge in [-0.1, -0.05) is 78.9 Å². The van der Waals surface area contributed by atoms with Crippen molar-refractivity contribution >= 4 is 17.6 Å². The van der Waals surface area contributed by atoms with Crippen molar-refractivity contribution in [3.63, 3.8) is 0 Å². The standard InChI is InChI=1S/C21H17NO3/c23-20(22-18-14-8-7-13-17(18)21(24)25)19(15-9-3-1-4-10-15)16-11-5-2-6-12-16/h1-14,19H,(H,22,23)(H,24,25)/p-1. The molecule has 0 aliphatic carbocycles. The van der Waals surface area contributed by atoms with E-state index in [0.717, 1.165) is 11.1 Å². The molecule has 3 aromatic rings. The van der Waals surface area contributed by atoms with E-state index < -0.39 is 11.9 Å². The number of carboxylic acids is 1. The lowest BCUT2D eigenvalue weighted by atomic mass is 9.90. The number of carboxylic acid groups (broad SMARTS) is 1. The molecule has 4 nitrogen and oxygen atoms in total. The van der Waals surface area contributed by atoms with E-state index in [1.54, 1.807) is 18.2 Å². The molecule has 0 aliphatic heterocycles. The summed E-state index contributed by atoms with van der Waals surface area (Å²) in [7, 11) is 0. The maximum atomic E-state index is 13.0. The number of benzene rings is 3. The zero-order valence-electron chi connectivity index (χ0n) is 13.4. The van der Waals surface area contributed by atoms with Crippen LogP contribution in [0.4, 0.5) is 5.69 Å². The van der Waals surface area contributed by atoms with E-state index in [-0.39, 0.29) is 17.2 Å². The highest BCUT2D eigenvalue weighted by molar-refractivity contribution is 6.03. The maximum absolute atomic E-state index is 13.0. The van der Waals surface area contributed by atoms with Crippen LogP contribution in [0.15, 0.2) is 84.9 Å². The Morgan fingerprint density at radius 3 is 1.72 bits per heavy atom. The van der Waals surface area contributed by atoms with Crippen LogP contribution in [0, 0.1) is 0 Å². The first-order valence-corrected chi connectivity index (χ1v) is 7.88. The summed E-state index contributed by atoms with van der Waals surface area (Å²) in [5, 5.41) is 14.0. The molecule has 0 radical (unpaired) electrons. The van der Waals surface area contributed by atoms with E-state index in [4.69, 9.17) is 0 Å². The van der Waals surface area contributed by atoms with Gasteiger partial charge < -0.3 is 15.2 Å². The average Bonchev–Trinajstić information content (AvgIpc) is 2.64. The second-order valence-corrected chi connectivity index (χ2v) is 5.58. The van der Waals surface area contributed by atoms with Crippen LogP contribution in [0.5, 0.6) is 0 Å². The van der Waals surface area contributed by atoms with E-state index in [1.807, 2.05) is 60.7 Å². The van der Waals surface area contributed by atoms with E-state index >= 15 is 0 Å². The number of rotatable bonds is 5. The van der Waals surface area contributed by atoms with Crippen LogP contribution in [0.2, 0.25) is 0 Å². The van der Waals surface area contributed by atoms with Crippen molar-refractivity contribution in [1.82, 2.24) is 0 Å². The van der Waals surface area contributed by atoms with Gasteiger partial charge in [0.15, 0.2) is 0 Å². The van der Waals surface area contributed by atoms with Gasteiger partial charge in [0.2, 0.25) is 5.91 Å². The topological polar surface area (TPSA) is 69.2 Å². The van der Waals surface area contributed by atoms with Crippen molar-refractivity contribution < 1.29 is 14.7 Å². The summed E-state index contributed by atoms with van der Waals surface area (Å²) in [6.45, 7) is 0. The van der Waals surface area contributed by atoms with Crippen molar-refractivity contribution in [2.75, 3.05) is 5.32 Å². The Labute approximate surface area is 145 Å². The molecule has 0 heterocycles. The third kappa shape index (κ3) is 3.75. The van der Waals surface area contributed by atoms with Crippen molar-refractivity contribution in [2.24, 2.45) is 0 Å². The van der Waals surface area contributed by atoms with E-state index in [1.165, 1.54) is 6.07 Å². The maximum Gasteiger partial charge on any atom is 0.236 e. The van der Waals surface area contributed by atoms with Gasteiger partial charge in [-0.2, -0.15) is 0 Å². The number of amides is 1. The van der Waals surface area contributed by atoms with Crippen molar-refractivity contribution in [2.45, 2.75) is 5.92 Å². The third-order valence-electron chi connectivity index (χ3n) is 3.93. The second-order valence-electron chi connectivity index (χ2n) is 5.58. The molecule has 0 aliphatic rings. The number of hydrogen-bond acceptors (Lipinski definition) is 3. The van der Waals surface area contributed by atoms with Crippen molar-refractivity contribution in [3.8, 4) is 0 Å². The molecule has 1 N–H and O–H groups in total. The lowest BCUT2D eigenvalue weighted by molar-refractivity contribution is -0.254. The van der Waals surface area contributed by atoms with Crippen LogP contribution >= 0.6 is 0 Å². The van der Waals surface area contributed by atoms with Gasteiger partial charge in [0.1, 0.15) is 0 Å². The van der Waals surface area contributed by atoms with Gasteiger partial charge in [0, 0.05) is 11.3 Å². The molecule has 3 aromatic carbocycles. The number of anilines is 1. The Kier molecular flexibility index (Phi) is 4.90. The molecule has 0 bridgehead atoms. The minimum Gasteiger partial charge on any atom is -0.545 e. The monoisotopic (exact) mass is 330 g/mol. The fourth-order valence-corrected chi connectivity index (χ4v) is 2.76. The van der Waals surface area contributed by atoms with Gasteiger partial charge in [-0.25, -0.2) is 0 Å². The summed E-state index contributed by atoms with van der Waals surface area (Å²) in [4.78, 5) is 24.2. The molecule has 0 atom stereocenters. The highest BCUT2D eigenvalue weighted by atomic mass is 16.4. The zero-order valence-corrected chi connectivity index (χ0v) is 13.4. The predicted molar refractivity (Wildman–Crippen MR) is 94.1 cm³/mol. The lowest BCUT2D eigenvalue weighted by Crippen LogP contribution is -2.27. The first-order valence-electron chi connectivity index (χ1n) is 7.88. The summed E-state index contributed by atoms with van der Waals surface area (Å²) in [6.07, 6.45) is 0. The Morgan fingerprint density at radius 1 is 0.720 bits per heavy atom. The summed E-state index contributed by atoms with van der Waals surface area (Å²) < 4.78 is 0. The van der Waals surface area contributed by atoms with Crippen LogP contribution in [0.25, 0.3) is 0 Å². The molecule has 0 spiro atoms. The molecular weight excluding hydrogens is 314 g/mol. The number of para-hydroxylation sites is 1. The average molecular weight is 330 g/mol. The fraction of sp³-hybridized carbons (Fsp3) is 0.0476. The minimum absolute atomic E-state index is 0.0456. The van der Waals surface area contributed by atoms with E-state index in [2.05, 4.69) is 5.32 Å². The van der Waals surface area contributed by atoms with E-state index in [9.17, 15) is 14.7 Å². The van der Waals surface area contributed by atoms with Gasteiger partial charge in [-0.15, -0.1) is 0 Å². The quantitative estimate of drug-likeness (QED) is 0.782. The Hall–Kier alpha value is -3.40.